The third-order valence-corrected chi connectivity index (χ3v) is 5.30. The molecule has 0 atom stereocenters. The van der Waals surface area contributed by atoms with Gasteiger partial charge in [0.25, 0.3) is 5.56 Å². The van der Waals surface area contributed by atoms with Gasteiger partial charge < -0.3 is 14.8 Å². The molecule has 0 radical (unpaired) electrons. The van der Waals surface area contributed by atoms with Gasteiger partial charge in [-0.3, -0.25) is 14.4 Å². The number of pyridine rings is 1. The monoisotopic (exact) mass is 339 g/mol. The van der Waals surface area contributed by atoms with E-state index in [0.717, 1.165) is 36.6 Å². The van der Waals surface area contributed by atoms with Gasteiger partial charge in [0.2, 0.25) is 0 Å². The van der Waals surface area contributed by atoms with E-state index >= 15 is 0 Å². The number of rotatable bonds is 3. The molecule has 1 aliphatic carbocycles. The maximum Gasteiger partial charge on any atom is 0.312 e. The summed E-state index contributed by atoms with van der Waals surface area (Å²) in [5.41, 5.74) is 1.07. The zero-order valence-electron chi connectivity index (χ0n) is 14.0. The number of amides is 2. The number of hydrogen-bond donors (Lipinski definition) is 1. The molecule has 0 spiro atoms. The van der Waals surface area contributed by atoms with Crippen molar-refractivity contribution in [3.8, 4) is 0 Å². The van der Waals surface area contributed by atoms with Crippen LogP contribution < -0.4 is 5.56 Å². The number of carbonyl (C=O) groups excluding carboxylic acids is 2. The fraction of sp³-hybridized carbons (Fsp3) is 0.421. The van der Waals surface area contributed by atoms with Crippen LogP contribution in [0.15, 0.2) is 35.1 Å². The lowest BCUT2D eigenvalue weighted by Crippen LogP contribution is -2.56. The number of H-pyrrole nitrogens is 1. The van der Waals surface area contributed by atoms with Crippen LogP contribution >= 0.6 is 0 Å². The smallest absolute Gasteiger partial charge is 0.312 e. The maximum atomic E-state index is 12.5. The highest BCUT2D eigenvalue weighted by Crippen LogP contribution is 2.25. The van der Waals surface area contributed by atoms with Gasteiger partial charge in [-0.05, 0) is 30.4 Å². The summed E-state index contributed by atoms with van der Waals surface area (Å²) in [5, 5.41) is 0.917. The van der Waals surface area contributed by atoms with E-state index in [1.165, 1.54) is 4.90 Å². The minimum atomic E-state index is -0.495. The first-order valence-electron chi connectivity index (χ1n) is 8.84. The summed E-state index contributed by atoms with van der Waals surface area (Å²) in [5.74, 6) is -0.916. The molecule has 6 heteroatoms. The van der Waals surface area contributed by atoms with Crippen LogP contribution in [0.1, 0.15) is 31.2 Å². The maximum absolute atomic E-state index is 12.5. The van der Waals surface area contributed by atoms with Gasteiger partial charge in [-0.15, -0.1) is 0 Å². The summed E-state index contributed by atoms with van der Waals surface area (Å²) in [6.07, 6.45) is 4.23. The van der Waals surface area contributed by atoms with Crippen molar-refractivity contribution in [2.24, 2.45) is 0 Å². The van der Waals surface area contributed by atoms with Crippen LogP contribution in [0.2, 0.25) is 0 Å². The van der Waals surface area contributed by atoms with Gasteiger partial charge in [0, 0.05) is 30.2 Å². The van der Waals surface area contributed by atoms with Crippen LogP contribution in [0.25, 0.3) is 10.9 Å². The zero-order chi connectivity index (χ0) is 17.4. The molecule has 2 aliphatic rings. The molecular weight excluding hydrogens is 318 g/mol. The number of benzene rings is 1. The molecule has 2 amide bonds. The normalized spacial score (nSPS) is 19.2. The number of carbonyl (C=O) groups is 2. The van der Waals surface area contributed by atoms with E-state index in [1.807, 2.05) is 24.3 Å². The van der Waals surface area contributed by atoms with Gasteiger partial charge >= 0.3 is 11.8 Å². The highest BCUT2D eigenvalue weighted by atomic mass is 16.2. The summed E-state index contributed by atoms with van der Waals surface area (Å²) < 4.78 is 0. The molecule has 130 valence electrons. The van der Waals surface area contributed by atoms with E-state index in [1.54, 1.807) is 11.0 Å². The molecule has 1 saturated heterocycles. The van der Waals surface area contributed by atoms with E-state index in [2.05, 4.69) is 4.98 Å². The molecule has 2 aromatic rings. The quantitative estimate of drug-likeness (QED) is 0.864. The Bertz CT molecular complexity index is 883. The van der Waals surface area contributed by atoms with Crippen molar-refractivity contribution in [1.82, 2.24) is 14.8 Å². The van der Waals surface area contributed by atoms with Gasteiger partial charge in [0.05, 0.1) is 6.54 Å². The Morgan fingerprint density at radius 3 is 2.56 bits per heavy atom. The standard InChI is InChI=1S/C19H21N3O3/c23-17-14(11-13-5-1-4-8-16(13)20-17)12-21-9-10-22(19(25)18(21)24)15-6-2-3-7-15/h1,4-5,8,11,15H,2-3,6-7,9-10,12H2,(H,20,23). The number of aromatic nitrogens is 1. The van der Waals surface area contributed by atoms with Crippen molar-refractivity contribution < 1.29 is 9.59 Å². The molecule has 1 aliphatic heterocycles. The van der Waals surface area contributed by atoms with E-state index in [-0.39, 0.29) is 18.1 Å². The largest absolute Gasteiger partial charge is 0.330 e. The Morgan fingerprint density at radius 2 is 1.76 bits per heavy atom. The molecular formula is C19H21N3O3. The highest BCUT2D eigenvalue weighted by molar-refractivity contribution is 6.35. The Morgan fingerprint density at radius 1 is 1.00 bits per heavy atom. The SMILES string of the molecule is O=C1C(=O)N(C2CCCC2)CCN1Cc1cc2ccccc2[nH]c1=O. The Hall–Kier alpha value is -2.63. The molecule has 0 bridgehead atoms. The molecule has 2 heterocycles. The van der Waals surface area contributed by atoms with Crippen molar-refractivity contribution >= 4 is 22.7 Å². The summed E-state index contributed by atoms with van der Waals surface area (Å²) >= 11 is 0. The summed E-state index contributed by atoms with van der Waals surface area (Å²) in [4.78, 5) is 43.3. The number of para-hydroxylation sites is 1. The van der Waals surface area contributed by atoms with Crippen LogP contribution in [0, 0.1) is 0 Å². The third-order valence-electron chi connectivity index (χ3n) is 5.30. The summed E-state index contributed by atoms with van der Waals surface area (Å²) in [6.45, 7) is 1.21. The first-order valence-corrected chi connectivity index (χ1v) is 8.84. The Balaban J connectivity index is 1.53. The van der Waals surface area contributed by atoms with Crippen LogP contribution in [-0.2, 0) is 16.1 Å². The van der Waals surface area contributed by atoms with Crippen LogP contribution in [-0.4, -0.2) is 45.7 Å². The van der Waals surface area contributed by atoms with Crippen molar-refractivity contribution in [3.05, 3.63) is 46.2 Å². The lowest BCUT2D eigenvalue weighted by Gasteiger charge is -2.37. The van der Waals surface area contributed by atoms with E-state index < -0.39 is 11.8 Å². The lowest BCUT2D eigenvalue weighted by molar-refractivity contribution is -0.158. The first-order chi connectivity index (χ1) is 12.1. The van der Waals surface area contributed by atoms with Gasteiger partial charge in [-0.1, -0.05) is 31.0 Å². The predicted molar refractivity (Wildman–Crippen MR) is 94.0 cm³/mol. The molecule has 0 unspecified atom stereocenters. The summed E-state index contributed by atoms with van der Waals surface area (Å²) in [7, 11) is 0. The molecule has 1 aromatic carbocycles. The highest BCUT2D eigenvalue weighted by Gasteiger charge is 2.37. The second-order valence-electron chi connectivity index (χ2n) is 6.87. The van der Waals surface area contributed by atoms with Crippen LogP contribution in [0.5, 0.6) is 0 Å². The topological polar surface area (TPSA) is 73.5 Å². The minimum Gasteiger partial charge on any atom is -0.330 e. The molecule has 1 saturated carbocycles. The summed E-state index contributed by atoms with van der Waals surface area (Å²) in [6, 6.07) is 9.54. The lowest BCUT2D eigenvalue weighted by atomic mass is 10.1. The molecule has 1 N–H and O–H groups in total. The van der Waals surface area contributed by atoms with Crippen molar-refractivity contribution in [2.45, 2.75) is 38.3 Å². The van der Waals surface area contributed by atoms with E-state index in [4.69, 9.17) is 0 Å². The average Bonchev–Trinajstić information content (AvgIpc) is 3.14. The van der Waals surface area contributed by atoms with Gasteiger partial charge in [-0.2, -0.15) is 0 Å². The fourth-order valence-electron chi connectivity index (χ4n) is 3.92. The van der Waals surface area contributed by atoms with Crippen molar-refractivity contribution in [2.75, 3.05) is 13.1 Å². The van der Waals surface area contributed by atoms with E-state index in [9.17, 15) is 14.4 Å². The zero-order valence-corrected chi connectivity index (χ0v) is 14.0. The number of nitrogens with one attached hydrogen (secondary N) is 1. The number of hydrogen-bond acceptors (Lipinski definition) is 3. The van der Waals surface area contributed by atoms with E-state index in [0.29, 0.717) is 18.7 Å². The average molecular weight is 339 g/mol. The number of aromatic amines is 1. The van der Waals surface area contributed by atoms with Gasteiger partial charge in [0.15, 0.2) is 0 Å². The van der Waals surface area contributed by atoms with Crippen LogP contribution in [0.3, 0.4) is 0 Å². The second-order valence-corrected chi connectivity index (χ2v) is 6.87. The molecule has 6 nitrogen and oxygen atoms in total. The van der Waals surface area contributed by atoms with Gasteiger partial charge in [-0.25, -0.2) is 0 Å². The third kappa shape index (κ3) is 2.92. The minimum absolute atomic E-state index is 0.170. The predicted octanol–water partition coefficient (Wildman–Crippen LogP) is 1.64. The number of piperazine rings is 1. The number of fused-ring (bicyclic) bond motifs is 1. The number of nitrogens with zero attached hydrogens (tertiary/aromatic N) is 2. The Kier molecular flexibility index (Phi) is 4.03. The fourth-order valence-corrected chi connectivity index (χ4v) is 3.92. The first kappa shape index (κ1) is 15.9. The van der Waals surface area contributed by atoms with Gasteiger partial charge in [0.1, 0.15) is 0 Å². The Labute approximate surface area is 145 Å². The van der Waals surface area contributed by atoms with Crippen molar-refractivity contribution in [3.63, 3.8) is 0 Å². The molecule has 2 fully saturated rings. The molecule has 1 aromatic heterocycles. The van der Waals surface area contributed by atoms with Crippen LogP contribution in [0.4, 0.5) is 0 Å². The molecule has 25 heavy (non-hydrogen) atoms. The van der Waals surface area contributed by atoms with Crippen molar-refractivity contribution in [1.29, 1.82) is 0 Å². The molecule has 4 rings (SSSR count). The second kappa shape index (κ2) is 6.35.